The molecule has 5 nitrogen and oxygen atoms in total. The number of fused-ring (bicyclic) bond motifs is 1. The lowest BCUT2D eigenvalue weighted by atomic mass is 10.1. The second-order valence-corrected chi connectivity index (χ2v) is 9.97. The summed E-state index contributed by atoms with van der Waals surface area (Å²) in [6.07, 6.45) is 0. The van der Waals surface area contributed by atoms with Crippen molar-refractivity contribution in [3.05, 3.63) is 141 Å². The molecular formula is C30H24ClN3O2S. The van der Waals surface area contributed by atoms with Crippen LogP contribution in [0.5, 0.6) is 0 Å². The molecule has 0 saturated heterocycles. The number of amides is 1. The number of nitrogens with one attached hydrogen (secondary N) is 1. The monoisotopic (exact) mass is 525 g/mol. The largest absolute Gasteiger partial charge is 0.348 e. The zero-order chi connectivity index (χ0) is 25.6. The van der Waals surface area contributed by atoms with Gasteiger partial charge in [0.1, 0.15) is 0 Å². The molecule has 1 amide bonds. The Morgan fingerprint density at radius 1 is 0.838 bits per heavy atom. The number of thioether (sulfide) groups is 1. The van der Waals surface area contributed by atoms with E-state index in [1.165, 1.54) is 11.8 Å². The third-order valence-corrected chi connectivity index (χ3v) is 7.20. The van der Waals surface area contributed by atoms with Crippen LogP contribution in [0.1, 0.15) is 27.0 Å². The summed E-state index contributed by atoms with van der Waals surface area (Å²) in [5.74, 6) is 0.388. The molecule has 4 aromatic carbocycles. The zero-order valence-electron chi connectivity index (χ0n) is 19.9. The van der Waals surface area contributed by atoms with Crippen molar-refractivity contribution in [3.63, 3.8) is 0 Å². The maximum Gasteiger partial charge on any atom is 0.262 e. The summed E-state index contributed by atoms with van der Waals surface area (Å²) in [4.78, 5) is 31.3. The van der Waals surface area contributed by atoms with E-state index in [-0.39, 0.29) is 11.5 Å². The standard InChI is InChI=1S/C30H24ClN3O2S/c31-25-13-7-12-23(16-25)20-37-30-33-27-17-24(28(35)32-18-21-8-3-1-4-9-21)14-15-26(27)29(36)34(30)19-22-10-5-2-6-11-22/h1-17H,18-20H2,(H,32,35). The molecule has 1 heterocycles. The molecule has 5 rings (SSSR count). The van der Waals surface area contributed by atoms with Crippen molar-refractivity contribution < 1.29 is 4.79 Å². The van der Waals surface area contributed by atoms with Gasteiger partial charge in [-0.15, -0.1) is 0 Å². The SMILES string of the molecule is O=C(NCc1ccccc1)c1ccc2c(=O)n(Cc3ccccc3)c(SCc3cccc(Cl)c3)nc2c1. The maximum atomic E-state index is 13.6. The summed E-state index contributed by atoms with van der Waals surface area (Å²) in [6, 6.07) is 32.3. The van der Waals surface area contributed by atoms with E-state index in [0.717, 1.165) is 16.7 Å². The predicted octanol–water partition coefficient (Wildman–Crippen LogP) is 6.32. The highest BCUT2D eigenvalue weighted by Crippen LogP contribution is 2.25. The van der Waals surface area contributed by atoms with Crippen molar-refractivity contribution >= 4 is 40.2 Å². The molecule has 0 atom stereocenters. The third kappa shape index (κ3) is 6.10. The number of carbonyl (C=O) groups excluding carboxylic acids is 1. The lowest BCUT2D eigenvalue weighted by molar-refractivity contribution is 0.0951. The van der Waals surface area contributed by atoms with Crippen molar-refractivity contribution in [1.82, 2.24) is 14.9 Å². The quantitative estimate of drug-likeness (QED) is 0.190. The highest BCUT2D eigenvalue weighted by molar-refractivity contribution is 7.98. The summed E-state index contributed by atoms with van der Waals surface area (Å²) < 4.78 is 1.70. The summed E-state index contributed by atoms with van der Waals surface area (Å²) in [5, 5.41) is 4.66. The van der Waals surface area contributed by atoms with Crippen LogP contribution in [0.4, 0.5) is 0 Å². The second kappa shape index (κ2) is 11.5. The van der Waals surface area contributed by atoms with Gasteiger partial charge in [0.25, 0.3) is 11.5 Å². The summed E-state index contributed by atoms with van der Waals surface area (Å²) in [7, 11) is 0. The first-order valence-corrected chi connectivity index (χ1v) is 13.2. The molecule has 184 valence electrons. The van der Waals surface area contributed by atoms with E-state index in [1.807, 2.05) is 84.9 Å². The fraction of sp³-hybridized carbons (Fsp3) is 0.100. The van der Waals surface area contributed by atoms with Crippen LogP contribution in [0, 0.1) is 0 Å². The number of benzene rings is 4. The van der Waals surface area contributed by atoms with E-state index in [1.54, 1.807) is 22.8 Å². The number of halogens is 1. The number of carbonyl (C=O) groups is 1. The van der Waals surface area contributed by atoms with Gasteiger partial charge in [-0.3, -0.25) is 14.2 Å². The van der Waals surface area contributed by atoms with E-state index in [4.69, 9.17) is 16.6 Å². The highest BCUT2D eigenvalue weighted by Gasteiger charge is 2.15. The molecule has 0 aliphatic heterocycles. The smallest absolute Gasteiger partial charge is 0.262 e. The molecule has 0 saturated carbocycles. The lowest BCUT2D eigenvalue weighted by Crippen LogP contribution is -2.25. The maximum absolute atomic E-state index is 13.6. The number of aromatic nitrogens is 2. The molecule has 1 N–H and O–H groups in total. The van der Waals surface area contributed by atoms with E-state index in [9.17, 15) is 9.59 Å². The number of nitrogens with zero attached hydrogens (tertiary/aromatic N) is 2. The van der Waals surface area contributed by atoms with Crippen molar-refractivity contribution in [1.29, 1.82) is 0 Å². The molecule has 37 heavy (non-hydrogen) atoms. The van der Waals surface area contributed by atoms with Crippen LogP contribution in [0.25, 0.3) is 10.9 Å². The van der Waals surface area contributed by atoms with E-state index >= 15 is 0 Å². The van der Waals surface area contributed by atoms with Crippen molar-refractivity contribution in [2.24, 2.45) is 0 Å². The molecule has 7 heteroatoms. The van der Waals surface area contributed by atoms with Crippen molar-refractivity contribution in [3.8, 4) is 0 Å². The van der Waals surface area contributed by atoms with Gasteiger partial charge in [-0.1, -0.05) is 96.2 Å². The van der Waals surface area contributed by atoms with Crippen LogP contribution >= 0.6 is 23.4 Å². The topological polar surface area (TPSA) is 64.0 Å². The first-order chi connectivity index (χ1) is 18.1. The minimum atomic E-state index is -0.214. The molecule has 0 fully saturated rings. The van der Waals surface area contributed by atoms with Gasteiger partial charge in [0, 0.05) is 22.9 Å². The average Bonchev–Trinajstić information content (AvgIpc) is 2.93. The van der Waals surface area contributed by atoms with Crippen LogP contribution in [-0.2, 0) is 18.8 Å². The first kappa shape index (κ1) is 24.8. The second-order valence-electron chi connectivity index (χ2n) is 8.59. The number of rotatable bonds is 8. The Balaban J connectivity index is 1.48. The van der Waals surface area contributed by atoms with Crippen molar-refractivity contribution in [2.75, 3.05) is 0 Å². The first-order valence-electron chi connectivity index (χ1n) is 11.8. The van der Waals surface area contributed by atoms with Gasteiger partial charge in [0.05, 0.1) is 17.4 Å². The van der Waals surface area contributed by atoms with Gasteiger partial charge in [0.2, 0.25) is 0 Å². The fourth-order valence-corrected chi connectivity index (χ4v) is 5.17. The lowest BCUT2D eigenvalue weighted by Gasteiger charge is -2.14. The molecule has 0 aliphatic carbocycles. The van der Waals surface area contributed by atoms with Crippen molar-refractivity contribution in [2.45, 2.75) is 24.0 Å². The van der Waals surface area contributed by atoms with E-state index in [0.29, 0.717) is 45.5 Å². The Bertz CT molecular complexity index is 1600. The predicted molar refractivity (Wildman–Crippen MR) is 150 cm³/mol. The van der Waals surface area contributed by atoms with Gasteiger partial charge in [0.15, 0.2) is 5.16 Å². The molecule has 0 spiro atoms. The number of hydrogen-bond donors (Lipinski definition) is 1. The van der Waals surface area contributed by atoms with Crippen LogP contribution in [-0.4, -0.2) is 15.5 Å². The molecule has 0 bridgehead atoms. The number of hydrogen-bond acceptors (Lipinski definition) is 4. The summed E-state index contributed by atoms with van der Waals surface area (Å²) in [5.41, 5.74) is 3.87. The molecule has 0 radical (unpaired) electrons. The molecule has 0 unspecified atom stereocenters. The Hall–Kier alpha value is -3.87. The molecular weight excluding hydrogens is 502 g/mol. The van der Waals surface area contributed by atoms with Crippen LogP contribution in [0.2, 0.25) is 5.02 Å². The van der Waals surface area contributed by atoms with Crippen LogP contribution in [0.3, 0.4) is 0 Å². The van der Waals surface area contributed by atoms with Gasteiger partial charge >= 0.3 is 0 Å². The van der Waals surface area contributed by atoms with Crippen LogP contribution in [0.15, 0.2) is 113 Å². The Labute approximate surface area is 224 Å². The third-order valence-electron chi connectivity index (χ3n) is 5.92. The Kier molecular flexibility index (Phi) is 7.68. The van der Waals surface area contributed by atoms with Gasteiger partial charge in [-0.05, 0) is 47.0 Å². The Morgan fingerprint density at radius 3 is 2.27 bits per heavy atom. The molecule has 0 aliphatic rings. The van der Waals surface area contributed by atoms with E-state index in [2.05, 4.69) is 5.32 Å². The molecule has 5 aromatic rings. The minimum Gasteiger partial charge on any atom is -0.348 e. The van der Waals surface area contributed by atoms with Gasteiger partial charge in [-0.2, -0.15) is 0 Å². The van der Waals surface area contributed by atoms with Gasteiger partial charge in [-0.25, -0.2) is 4.98 Å². The normalized spacial score (nSPS) is 10.9. The van der Waals surface area contributed by atoms with Gasteiger partial charge < -0.3 is 5.32 Å². The van der Waals surface area contributed by atoms with Crippen LogP contribution < -0.4 is 10.9 Å². The zero-order valence-corrected chi connectivity index (χ0v) is 21.5. The minimum absolute atomic E-state index is 0.140. The highest BCUT2D eigenvalue weighted by atomic mass is 35.5. The van der Waals surface area contributed by atoms with E-state index < -0.39 is 0 Å². The fourth-order valence-electron chi connectivity index (χ4n) is 4.01. The summed E-state index contributed by atoms with van der Waals surface area (Å²) in [6.45, 7) is 0.824. The molecule has 1 aromatic heterocycles. The Morgan fingerprint density at radius 2 is 1.54 bits per heavy atom. The average molecular weight is 526 g/mol. The summed E-state index contributed by atoms with van der Waals surface area (Å²) >= 11 is 7.63.